The van der Waals surface area contributed by atoms with Gasteiger partial charge in [0.2, 0.25) is 0 Å². The van der Waals surface area contributed by atoms with Gasteiger partial charge in [0.25, 0.3) is 0 Å². The Bertz CT molecular complexity index is 452. The largest absolute Gasteiger partial charge is 0.375 e. The summed E-state index contributed by atoms with van der Waals surface area (Å²) in [7, 11) is 0. The van der Waals surface area contributed by atoms with Gasteiger partial charge in [0.05, 0.1) is 11.3 Å². The fourth-order valence-electron chi connectivity index (χ4n) is 4.26. The fraction of sp³-hybridized carbons (Fsp3) is 0.824. The van der Waals surface area contributed by atoms with Crippen LogP contribution in [0.3, 0.4) is 0 Å². The van der Waals surface area contributed by atoms with Crippen molar-refractivity contribution in [2.45, 2.75) is 83.4 Å². The van der Waals surface area contributed by atoms with Crippen LogP contribution in [0.5, 0.6) is 0 Å². The molecule has 4 heteroatoms. The van der Waals surface area contributed by atoms with Gasteiger partial charge in [-0.25, -0.2) is 0 Å². The summed E-state index contributed by atoms with van der Waals surface area (Å²) < 4.78 is 11.5. The highest BCUT2D eigenvalue weighted by Gasteiger charge is 2.38. The third kappa shape index (κ3) is 3.16. The minimum atomic E-state index is 0.159. The van der Waals surface area contributed by atoms with Gasteiger partial charge in [-0.15, -0.1) is 0 Å². The Morgan fingerprint density at radius 2 is 2.00 bits per heavy atom. The molecule has 2 atom stereocenters. The molecular formula is C17H28N2O2. The van der Waals surface area contributed by atoms with Crippen LogP contribution in [0.1, 0.15) is 74.9 Å². The number of aromatic nitrogens is 1. The summed E-state index contributed by atoms with van der Waals surface area (Å²) in [6.07, 6.45) is 8.77. The van der Waals surface area contributed by atoms with Crippen molar-refractivity contribution in [1.82, 2.24) is 10.5 Å². The monoisotopic (exact) mass is 292 g/mol. The first-order valence-corrected chi connectivity index (χ1v) is 8.42. The van der Waals surface area contributed by atoms with E-state index in [1.54, 1.807) is 0 Å². The maximum atomic E-state index is 6.19. The SMILES string of the molecule is Cc1noc(C)c1C(C)NC1CCOC2(CCCCC2)C1. The van der Waals surface area contributed by atoms with E-state index in [9.17, 15) is 0 Å². The number of aryl methyl sites for hydroxylation is 2. The summed E-state index contributed by atoms with van der Waals surface area (Å²) in [6, 6.07) is 0.834. The van der Waals surface area contributed by atoms with Crippen LogP contribution in [0.4, 0.5) is 0 Å². The highest BCUT2D eigenvalue weighted by Crippen LogP contribution is 2.39. The lowest BCUT2D eigenvalue weighted by Gasteiger charge is -2.44. The highest BCUT2D eigenvalue weighted by molar-refractivity contribution is 5.24. The first-order chi connectivity index (χ1) is 10.1. The summed E-state index contributed by atoms with van der Waals surface area (Å²) in [5, 5.41) is 7.87. The lowest BCUT2D eigenvalue weighted by atomic mass is 9.78. The van der Waals surface area contributed by atoms with Crippen LogP contribution < -0.4 is 5.32 Å². The summed E-state index contributed by atoms with van der Waals surface area (Å²) in [5.41, 5.74) is 2.39. The van der Waals surface area contributed by atoms with E-state index in [1.165, 1.54) is 37.7 Å². The molecule has 1 saturated carbocycles. The number of nitrogens with one attached hydrogen (secondary N) is 1. The molecule has 1 N–H and O–H groups in total. The number of hydrogen-bond acceptors (Lipinski definition) is 4. The van der Waals surface area contributed by atoms with Gasteiger partial charge in [-0.3, -0.25) is 0 Å². The molecule has 2 unspecified atom stereocenters. The third-order valence-corrected chi connectivity index (χ3v) is 5.27. The Morgan fingerprint density at radius 1 is 1.24 bits per heavy atom. The minimum absolute atomic E-state index is 0.159. The zero-order valence-corrected chi connectivity index (χ0v) is 13.6. The molecule has 0 amide bonds. The van der Waals surface area contributed by atoms with Crippen LogP contribution in [0, 0.1) is 13.8 Å². The molecule has 1 aromatic heterocycles. The average Bonchev–Trinajstić information content (AvgIpc) is 2.79. The standard InChI is InChI=1S/C17H28N2O2/c1-12(16-13(2)19-21-14(16)3)18-15-7-10-20-17(11-15)8-5-4-6-9-17/h12,15,18H,4-11H2,1-3H3. The van der Waals surface area contributed by atoms with Gasteiger partial charge >= 0.3 is 0 Å². The van der Waals surface area contributed by atoms with Crippen molar-refractivity contribution in [2.75, 3.05) is 6.61 Å². The Balaban J connectivity index is 1.64. The van der Waals surface area contributed by atoms with E-state index < -0.39 is 0 Å². The van der Waals surface area contributed by atoms with Gasteiger partial charge in [0, 0.05) is 24.3 Å². The molecule has 2 fully saturated rings. The number of nitrogens with zero attached hydrogens (tertiary/aromatic N) is 1. The molecule has 1 aliphatic heterocycles. The maximum Gasteiger partial charge on any atom is 0.138 e. The Labute approximate surface area is 127 Å². The molecule has 0 aromatic carbocycles. The minimum Gasteiger partial charge on any atom is -0.375 e. The van der Waals surface area contributed by atoms with Crippen molar-refractivity contribution in [2.24, 2.45) is 0 Å². The number of hydrogen-bond donors (Lipinski definition) is 1. The van der Waals surface area contributed by atoms with Gasteiger partial charge in [-0.2, -0.15) is 0 Å². The van der Waals surface area contributed by atoms with E-state index in [1.807, 2.05) is 13.8 Å². The molecule has 1 aromatic rings. The molecule has 0 radical (unpaired) electrons. The molecule has 0 bridgehead atoms. The molecule has 21 heavy (non-hydrogen) atoms. The maximum absolute atomic E-state index is 6.19. The number of rotatable bonds is 3. The van der Waals surface area contributed by atoms with E-state index in [4.69, 9.17) is 9.26 Å². The second kappa shape index (κ2) is 6.09. The molecule has 3 rings (SSSR count). The highest BCUT2D eigenvalue weighted by atomic mass is 16.5. The van der Waals surface area contributed by atoms with Crippen molar-refractivity contribution in [3.8, 4) is 0 Å². The van der Waals surface area contributed by atoms with Gasteiger partial charge in [0.1, 0.15) is 5.76 Å². The summed E-state index contributed by atoms with van der Waals surface area (Å²) in [6.45, 7) is 7.14. The molecule has 1 spiro atoms. The molecule has 1 aliphatic carbocycles. The van der Waals surface area contributed by atoms with E-state index in [0.29, 0.717) is 12.1 Å². The second-order valence-corrected chi connectivity index (χ2v) is 6.91. The quantitative estimate of drug-likeness (QED) is 0.920. The van der Waals surface area contributed by atoms with Crippen LogP contribution in [-0.2, 0) is 4.74 Å². The smallest absolute Gasteiger partial charge is 0.138 e. The van der Waals surface area contributed by atoms with Crippen LogP contribution >= 0.6 is 0 Å². The van der Waals surface area contributed by atoms with Crippen molar-refractivity contribution in [3.63, 3.8) is 0 Å². The summed E-state index contributed by atoms with van der Waals surface area (Å²) in [4.78, 5) is 0. The molecule has 4 nitrogen and oxygen atoms in total. The summed E-state index contributed by atoms with van der Waals surface area (Å²) >= 11 is 0. The predicted octanol–water partition coefficient (Wildman–Crippen LogP) is 3.82. The lowest BCUT2D eigenvalue weighted by Crippen LogP contribution is -2.48. The first kappa shape index (κ1) is 15.0. The average molecular weight is 292 g/mol. The van der Waals surface area contributed by atoms with E-state index >= 15 is 0 Å². The van der Waals surface area contributed by atoms with E-state index in [2.05, 4.69) is 17.4 Å². The van der Waals surface area contributed by atoms with Gasteiger partial charge in [-0.05, 0) is 46.5 Å². The van der Waals surface area contributed by atoms with E-state index in [0.717, 1.165) is 30.9 Å². The van der Waals surface area contributed by atoms with Crippen LogP contribution in [-0.4, -0.2) is 23.4 Å². The van der Waals surface area contributed by atoms with Gasteiger partial charge in [-0.1, -0.05) is 24.4 Å². The second-order valence-electron chi connectivity index (χ2n) is 6.91. The summed E-state index contributed by atoms with van der Waals surface area (Å²) in [5.74, 6) is 0.937. The normalized spacial score (nSPS) is 26.9. The van der Waals surface area contributed by atoms with E-state index in [-0.39, 0.29) is 5.60 Å². The van der Waals surface area contributed by atoms with Crippen LogP contribution in [0.2, 0.25) is 0 Å². The van der Waals surface area contributed by atoms with Gasteiger partial charge in [0.15, 0.2) is 0 Å². The first-order valence-electron chi connectivity index (χ1n) is 8.42. The Kier molecular flexibility index (Phi) is 4.36. The topological polar surface area (TPSA) is 47.3 Å². The third-order valence-electron chi connectivity index (χ3n) is 5.27. The van der Waals surface area contributed by atoms with Crippen LogP contribution in [0.15, 0.2) is 4.52 Å². The lowest BCUT2D eigenvalue weighted by molar-refractivity contribution is -0.110. The molecule has 2 aliphatic rings. The van der Waals surface area contributed by atoms with Crippen molar-refractivity contribution >= 4 is 0 Å². The fourth-order valence-corrected chi connectivity index (χ4v) is 4.26. The molecule has 2 heterocycles. The number of ether oxygens (including phenoxy) is 1. The zero-order chi connectivity index (χ0) is 14.9. The van der Waals surface area contributed by atoms with Crippen molar-refractivity contribution in [3.05, 3.63) is 17.0 Å². The van der Waals surface area contributed by atoms with Gasteiger partial charge < -0.3 is 14.6 Å². The zero-order valence-electron chi connectivity index (χ0n) is 13.6. The molecular weight excluding hydrogens is 264 g/mol. The molecule has 118 valence electrons. The Morgan fingerprint density at radius 3 is 2.67 bits per heavy atom. The Hall–Kier alpha value is -0.870. The predicted molar refractivity (Wildman–Crippen MR) is 82.3 cm³/mol. The van der Waals surface area contributed by atoms with Crippen LogP contribution in [0.25, 0.3) is 0 Å². The molecule has 1 saturated heterocycles. The van der Waals surface area contributed by atoms with Crippen molar-refractivity contribution < 1.29 is 9.26 Å². The van der Waals surface area contributed by atoms with Crippen molar-refractivity contribution in [1.29, 1.82) is 0 Å².